The molecule has 1 aromatic carbocycles. The van der Waals surface area contributed by atoms with Crippen molar-refractivity contribution in [1.82, 2.24) is 0 Å². The van der Waals surface area contributed by atoms with Crippen molar-refractivity contribution in [2.24, 2.45) is 5.92 Å². The highest BCUT2D eigenvalue weighted by Gasteiger charge is 2.05. The van der Waals surface area contributed by atoms with Crippen molar-refractivity contribution in [3.63, 3.8) is 0 Å². The summed E-state index contributed by atoms with van der Waals surface area (Å²) in [6.07, 6.45) is 0. The summed E-state index contributed by atoms with van der Waals surface area (Å²) in [5.41, 5.74) is 2.61. The van der Waals surface area contributed by atoms with Gasteiger partial charge in [-0.2, -0.15) is 0 Å². The van der Waals surface area contributed by atoms with E-state index in [4.69, 9.17) is 0 Å². The minimum atomic E-state index is 0.682. The first-order chi connectivity index (χ1) is 6.63. The monoisotopic (exact) mass is 255 g/mol. The van der Waals surface area contributed by atoms with Gasteiger partial charge in [0.05, 0.1) is 0 Å². The second-order valence-corrected chi connectivity index (χ2v) is 4.62. The Bertz CT molecular complexity index is 268. The zero-order valence-corrected chi connectivity index (χ0v) is 10.7. The van der Waals surface area contributed by atoms with Crippen molar-refractivity contribution in [3.8, 4) is 0 Å². The quantitative estimate of drug-likeness (QED) is 0.746. The molecule has 1 atom stereocenters. The number of hydrogen-bond acceptors (Lipinski definition) is 1. The molecule has 1 unspecified atom stereocenters. The van der Waals surface area contributed by atoms with Crippen LogP contribution < -0.4 is 4.90 Å². The number of alkyl halides is 1. The molecule has 2 heteroatoms. The molecule has 0 aliphatic carbocycles. The average molecular weight is 256 g/mol. The fraction of sp³-hybridized carbons (Fsp3) is 0.500. The van der Waals surface area contributed by atoms with Gasteiger partial charge in [0, 0.05) is 24.6 Å². The molecule has 0 aromatic heterocycles. The van der Waals surface area contributed by atoms with Gasteiger partial charge in [0.2, 0.25) is 0 Å². The molecule has 1 aromatic rings. The molecule has 0 fully saturated rings. The fourth-order valence-corrected chi connectivity index (χ4v) is 1.63. The third-order valence-corrected chi connectivity index (χ3v) is 3.43. The Morgan fingerprint density at radius 3 is 2.36 bits per heavy atom. The zero-order chi connectivity index (χ0) is 10.6. The molecule has 0 saturated heterocycles. The maximum absolute atomic E-state index is 3.50. The molecule has 0 bridgehead atoms. The van der Waals surface area contributed by atoms with E-state index in [2.05, 4.69) is 66.0 Å². The number of halogens is 1. The standard InChI is InChI=1S/C12H18BrN/c1-10-4-6-12(7-5-10)14(3)9-11(2)8-13/h4-7,11H,8-9H2,1-3H3. The van der Waals surface area contributed by atoms with Gasteiger partial charge in [0.25, 0.3) is 0 Å². The Kier molecular flexibility index (Phi) is 4.46. The van der Waals surface area contributed by atoms with Crippen molar-refractivity contribution in [1.29, 1.82) is 0 Å². The van der Waals surface area contributed by atoms with Crippen LogP contribution in [-0.4, -0.2) is 18.9 Å². The van der Waals surface area contributed by atoms with Crippen LogP contribution in [-0.2, 0) is 0 Å². The molecule has 0 radical (unpaired) electrons. The molecule has 0 aliphatic rings. The smallest absolute Gasteiger partial charge is 0.0363 e. The molecule has 0 aliphatic heterocycles. The SMILES string of the molecule is Cc1ccc(N(C)CC(C)CBr)cc1. The van der Waals surface area contributed by atoms with Crippen molar-refractivity contribution in [2.45, 2.75) is 13.8 Å². The summed E-state index contributed by atoms with van der Waals surface area (Å²) < 4.78 is 0. The molecular formula is C12H18BrN. The van der Waals surface area contributed by atoms with Crippen LogP contribution in [0.15, 0.2) is 24.3 Å². The lowest BCUT2D eigenvalue weighted by Gasteiger charge is -2.22. The van der Waals surface area contributed by atoms with Gasteiger partial charge in [-0.15, -0.1) is 0 Å². The first kappa shape index (κ1) is 11.6. The van der Waals surface area contributed by atoms with Gasteiger partial charge in [-0.25, -0.2) is 0 Å². The third-order valence-electron chi connectivity index (χ3n) is 2.32. The van der Waals surface area contributed by atoms with Gasteiger partial charge in [-0.1, -0.05) is 40.5 Å². The van der Waals surface area contributed by atoms with Crippen molar-refractivity contribution < 1.29 is 0 Å². The molecule has 78 valence electrons. The number of hydrogen-bond donors (Lipinski definition) is 0. The second kappa shape index (κ2) is 5.40. The summed E-state index contributed by atoms with van der Waals surface area (Å²) in [6.45, 7) is 5.46. The fourth-order valence-electron chi connectivity index (χ4n) is 1.42. The number of nitrogens with zero attached hydrogens (tertiary/aromatic N) is 1. The first-order valence-electron chi connectivity index (χ1n) is 4.97. The normalized spacial score (nSPS) is 12.6. The third kappa shape index (κ3) is 3.33. The molecule has 1 nitrogen and oxygen atoms in total. The molecule has 0 amide bonds. The van der Waals surface area contributed by atoms with Crippen LogP contribution in [0, 0.1) is 12.8 Å². The Balaban J connectivity index is 2.60. The molecular weight excluding hydrogens is 238 g/mol. The van der Waals surface area contributed by atoms with Crippen molar-refractivity contribution in [2.75, 3.05) is 23.8 Å². The highest BCUT2D eigenvalue weighted by atomic mass is 79.9. The van der Waals surface area contributed by atoms with E-state index < -0.39 is 0 Å². The van der Waals surface area contributed by atoms with Crippen LogP contribution in [0.5, 0.6) is 0 Å². The summed E-state index contributed by atoms with van der Waals surface area (Å²) >= 11 is 3.50. The van der Waals surface area contributed by atoms with Gasteiger partial charge in [0.1, 0.15) is 0 Å². The highest BCUT2D eigenvalue weighted by molar-refractivity contribution is 9.09. The lowest BCUT2D eigenvalue weighted by molar-refractivity contribution is 0.652. The first-order valence-corrected chi connectivity index (χ1v) is 6.09. The van der Waals surface area contributed by atoms with Gasteiger partial charge >= 0.3 is 0 Å². The summed E-state index contributed by atoms with van der Waals surface area (Å²) in [6, 6.07) is 8.67. The second-order valence-electron chi connectivity index (χ2n) is 3.98. The van der Waals surface area contributed by atoms with Gasteiger partial charge in [-0.3, -0.25) is 0 Å². The van der Waals surface area contributed by atoms with Gasteiger partial charge < -0.3 is 4.90 Å². The maximum atomic E-state index is 3.50. The van der Waals surface area contributed by atoms with Crippen LogP contribution in [0.2, 0.25) is 0 Å². The zero-order valence-electron chi connectivity index (χ0n) is 9.13. The predicted octanol–water partition coefficient (Wildman–Crippen LogP) is 3.46. The lowest BCUT2D eigenvalue weighted by Crippen LogP contribution is -2.24. The summed E-state index contributed by atoms with van der Waals surface area (Å²) in [4.78, 5) is 2.30. The van der Waals surface area contributed by atoms with E-state index in [1.807, 2.05) is 0 Å². The maximum Gasteiger partial charge on any atom is 0.0363 e. The van der Waals surface area contributed by atoms with Crippen molar-refractivity contribution >= 4 is 21.6 Å². The molecule has 0 heterocycles. The van der Waals surface area contributed by atoms with Crippen LogP contribution >= 0.6 is 15.9 Å². The molecule has 0 N–H and O–H groups in total. The predicted molar refractivity (Wildman–Crippen MR) is 67.4 cm³/mol. The van der Waals surface area contributed by atoms with E-state index in [9.17, 15) is 0 Å². The van der Waals surface area contributed by atoms with Crippen LogP contribution in [0.25, 0.3) is 0 Å². The van der Waals surface area contributed by atoms with Gasteiger partial charge in [-0.05, 0) is 25.0 Å². The lowest BCUT2D eigenvalue weighted by atomic mass is 10.2. The van der Waals surface area contributed by atoms with Crippen LogP contribution in [0.1, 0.15) is 12.5 Å². The summed E-state index contributed by atoms with van der Waals surface area (Å²) in [7, 11) is 2.14. The molecule has 0 saturated carbocycles. The summed E-state index contributed by atoms with van der Waals surface area (Å²) in [5, 5.41) is 1.06. The topological polar surface area (TPSA) is 3.24 Å². The van der Waals surface area contributed by atoms with E-state index >= 15 is 0 Å². The van der Waals surface area contributed by atoms with Crippen molar-refractivity contribution in [3.05, 3.63) is 29.8 Å². The highest BCUT2D eigenvalue weighted by Crippen LogP contribution is 2.15. The van der Waals surface area contributed by atoms with E-state index in [0.717, 1.165) is 11.9 Å². The van der Waals surface area contributed by atoms with Gasteiger partial charge in [0.15, 0.2) is 0 Å². The average Bonchev–Trinajstić information content (AvgIpc) is 2.18. The largest absolute Gasteiger partial charge is 0.374 e. The number of anilines is 1. The molecule has 14 heavy (non-hydrogen) atoms. The minimum absolute atomic E-state index is 0.682. The molecule has 0 spiro atoms. The van der Waals surface area contributed by atoms with E-state index in [0.29, 0.717) is 5.92 Å². The van der Waals surface area contributed by atoms with Crippen LogP contribution in [0.3, 0.4) is 0 Å². The Morgan fingerprint density at radius 2 is 1.86 bits per heavy atom. The van der Waals surface area contributed by atoms with E-state index in [1.165, 1.54) is 11.3 Å². The Labute approximate surface area is 95.2 Å². The number of aryl methyl sites for hydroxylation is 1. The van der Waals surface area contributed by atoms with Crippen LogP contribution in [0.4, 0.5) is 5.69 Å². The summed E-state index contributed by atoms with van der Waals surface area (Å²) in [5.74, 6) is 0.682. The minimum Gasteiger partial charge on any atom is -0.374 e. The Morgan fingerprint density at radius 1 is 1.29 bits per heavy atom. The van der Waals surface area contributed by atoms with E-state index in [1.54, 1.807) is 0 Å². The molecule has 1 rings (SSSR count). The Hall–Kier alpha value is -0.500. The van der Waals surface area contributed by atoms with E-state index in [-0.39, 0.29) is 0 Å². The number of benzene rings is 1. The number of rotatable bonds is 4.